The first-order valence-corrected chi connectivity index (χ1v) is 6.10. The first-order chi connectivity index (χ1) is 7.69. The topological polar surface area (TPSA) is 50.9 Å². The van der Waals surface area contributed by atoms with Crippen molar-refractivity contribution >= 4 is 0 Å². The Balaban J connectivity index is 2.11. The number of aromatic nitrogens is 1. The van der Waals surface area contributed by atoms with Crippen LogP contribution in [0.1, 0.15) is 48.7 Å². The van der Waals surface area contributed by atoms with E-state index in [2.05, 4.69) is 22.5 Å². The van der Waals surface area contributed by atoms with Gasteiger partial charge in [-0.2, -0.15) is 0 Å². The number of aryl methyl sites for hydroxylation is 2. The lowest BCUT2D eigenvalue weighted by atomic mass is 9.80. The van der Waals surface area contributed by atoms with Gasteiger partial charge in [-0.25, -0.2) is 0 Å². The number of pyridine rings is 1. The zero-order valence-electron chi connectivity index (χ0n) is 10.2. The summed E-state index contributed by atoms with van der Waals surface area (Å²) in [6.45, 7) is 4.07. The molecule has 1 aromatic heterocycles. The highest BCUT2D eigenvalue weighted by molar-refractivity contribution is 5.23. The van der Waals surface area contributed by atoms with Crippen LogP contribution in [0.25, 0.3) is 0 Å². The second kappa shape index (κ2) is 4.93. The van der Waals surface area contributed by atoms with E-state index in [1.807, 2.05) is 13.8 Å². The predicted molar refractivity (Wildman–Crippen MR) is 65.7 cm³/mol. The molecular formula is C13H21N3. The minimum Gasteiger partial charge on any atom is -0.271 e. The highest BCUT2D eigenvalue weighted by Crippen LogP contribution is 2.34. The van der Waals surface area contributed by atoms with E-state index in [1.165, 1.54) is 24.8 Å². The average Bonchev–Trinajstić information content (AvgIpc) is 2.14. The third kappa shape index (κ3) is 2.60. The number of hydrogen-bond acceptors (Lipinski definition) is 3. The molecule has 0 bridgehead atoms. The van der Waals surface area contributed by atoms with Crippen LogP contribution >= 0.6 is 0 Å². The fourth-order valence-corrected chi connectivity index (χ4v) is 2.43. The van der Waals surface area contributed by atoms with Gasteiger partial charge in [0, 0.05) is 17.4 Å². The van der Waals surface area contributed by atoms with E-state index in [0.29, 0.717) is 0 Å². The van der Waals surface area contributed by atoms with Crippen molar-refractivity contribution < 1.29 is 0 Å². The maximum Gasteiger partial charge on any atom is 0.0463 e. The van der Waals surface area contributed by atoms with E-state index in [4.69, 9.17) is 5.84 Å². The zero-order valence-corrected chi connectivity index (χ0v) is 10.2. The maximum atomic E-state index is 5.66. The van der Waals surface area contributed by atoms with E-state index >= 15 is 0 Å². The van der Waals surface area contributed by atoms with Gasteiger partial charge in [0.15, 0.2) is 0 Å². The summed E-state index contributed by atoms with van der Waals surface area (Å²) < 4.78 is 0. The SMILES string of the molecule is Cc1cc(C(CC2CCC2)NN)cc(C)n1. The summed E-state index contributed by atoms with van der Waals surface area (Å²) >= 11 is 0. The van der Waals surface area contributed by atoms with Gasteiger partial charge in [-0.15, -0.1) is 0 Å². The van der Waals surface area contributed by atoms with Crippen molar-refractivity contribution in [2.75, 3.05) is 0 Å². The smallest absolute Gasteiger partial charge is 0.0463 e. The summed E-state index contributed by atoms with van der Waals surface area (Å²) in [5.41, 5.74) is 6.37. The van der Waals surface area contributed by atoms with Gasteiger partial charge in [-0.05, 0) is 43.9 Å². The van der Waals surface area contributed by atoms with Crippen molar-refractivity contribution in [3.8, 4) is 0 Å². The van der Waals surface area contributed by atoms with Crippen LogP contribution in [-0.4, -0.2) is 4.98 Å². The fraction of sp³-hybridized carbons (Fsp3) is 0.615. The van der Waals surface area contributed by atoms with E-state index in [9.17, 15) is 0 Å². The second-order valence-electron chi connectivity index (χ2n) is 4.94. The van der Waals surface area contributed by atoms with Crippen molar-refractivity contribution in [2.45, 2.75) is 45.6 Å². The molecule has 88 valence electrons. The van der Waals surface area contributed by atoms with Gasteiger partial charge in [-0.3, -0.25) is 16.3 Å². The van der Waals surface area contributed by atoms with Crippen LogP contribution < -0.4 is 11.3 Å². The highest BCUT2D eigenvalue weighted by atomic mass is 15.2. The Labute approximate surface area is 97.4 Å². The third-order valence-corrected chi connectivity index (χ3v) is 3.50. The van der Waals surface area contributed by atoms with E-state index < -0.39 is 0 Å². The lowest BCUT2D eigenvalue weighted by Gasteiger charge is -2.29. The Morgan fingerprint density at radius 1 is 1.38 bits per heavy atom. The number of nitrogens with two attached hydrogens (primary N) is 1. The Morgan fingerprint density at radius 3 is 2.44 bits per heavy atom. The van der Waals surface area contributed by atoms with Crippen LogP contribution in [-0.2, 0) is 0 Å². The Bertz CT molecular complexity index is 338. The Kier molecular flexibility index (Phi) is 3.56. The molecule has 3 N–H and O–H groups in total. The largest absolute Gasteiger partial charge is 0.271 e. The van der Waals surface area contributed by atoms with E-state index in [0.717, 1.165) is 23.7 Å². The monoisotopic (exact) mass is 219 g/mol. The van der Waals surface area contributed by atoms with Crippen LogP contribution in [0.2, 0.25) is 0 Å². The number of nitrogens with one attached hydrogen (secondary N) is 1. The standard InChI is InChI=1S/C13H21N3/c1-9-6-12(7-10(2)15-9)13(16-14)8-11-4-3-5-11/h6-7,11,13,16H,3-5,8,14H2,1-2H3. The lowest BCUT2D eigenvalue weighted by Crippen LogP contribution is -2.31. The zero-order chi connectivity index (χ0) is 11.5. The van der Waals surface area contributed by atoms with Crippen LogP contribution in [0, 0.1) is 19.8 Å². The normalized spacial score (nSPS) is 18.2. The quantitative estimate of drug-likeness (QED) is 0.604. The molecule has 1 aromatic rings. The van der Waals surface area contributed by atoms with Gasteiger partial charge in [0.2, 0.25) is 0 Å². The summed E-state index contributed by atoms with van der Waals surface area (Å²) in [6, 6.07) is 4.55. The van der Waals surface area contributed by atoms with Gasteiger partial charge in [-0.1, -0.05) is 19.3 Å². The second-order valence-corrected chi connectivity index (χ2v) is 4.94. The molecule has 0 radical (unpaired) electrons. The molecule has 0 saturated heterocycles. The summed E-state index contributed by atoms with van der Waals surface area (Å²) in [5.74, 6) is 6.52. The molecule has 1 fully saturated rings. The van der Waals surface area contributed by atoms with Crippen molar-refractivity contribution in [1.29, 1.82) is 0 Å². The molecule has 16 heavy (non-hydrogen) atoms. The first kappa shape index (κ1) is 11.6. The van der Waals surface area contributed by atoms with Crippen molar-refractivity contribution in [1.82, 2.24) is 10.4 Å². The molecule has 3 heteroatoms. The molecule has 0 aromatic carbocycles. The van der Waals surface area contributed by atoms with E-state index in [-0.39, 0.29) is 6.04 Å². The molecular weight excluding hydrogens is 198 g/mol. The van der Waals surface area contributed by atoms with Gasteiger partial charge in [0.25, 0.3) is 0 Å². The minimum absolute atomic E-state index is 0.283. The molecule has 3 nitrogen and oxygen atoms in total. The molecule has 0 amide bonds. The number of rotatable bonds is 4. The number of hydrazine groups is 1. The summed E-state index contributed by atoms with van der Waals surface area (Å²) in [5, 5.41) is 0. The molecule has 2 rings (SSSR count). The van der Waals surface area contributed by atoms with Crippen LogP contribution in [0.3, 0.4) is 0 Å². The van der Waals surface area contributed by atoms with Crippen molar-refractivity contribution in [2.24, 2.45) is 11.8 Å². The number of hydrogen-bond donors (Lipinski definition) is 2. The molecule has 1 saturated carbocycles. The average molecular weight is 219 g/mol. The van der Waals surface area contributed by atoms with Gasteiger partial charge >= 0.3 is 0 Å². The Morgan fingerprint density at radius 2 is 2.00 bits per heavy atom. The molecule has 1 aliphatic rings. The molecule has 1 unspecified atom stereocenters. The van der Waals surface area contributed by atoms with E-state index in [1.54, 1.807) is 0 Å². The molecule has 1 aliphatic carbocycles. The highest BCUT2D eigenvalue weighted by Gasteiger charge is 2.22. The summed E-state index contributed by atoms with van der Waals surface area (Å²) in [7, 11) is 0. The van der Waals surface area contributed by atoms with Gasteiger partial charge in [0.1, 0.15) is 0 Å². The third-order valence-electron chi connectivity index (χ3n) is 3.50. The minimum atomic E-state index is 0.283. The molecule has 1 heterocycles. The lowest BCUT2D eigenvalue weighted by molar-refractivity contribution is 0.262. The summed E-state index contributed by atoms with van der Waals surface area (Å²) in [6.07, 6.45) is 5.26. The Hall–Kier alpha value is -0.930. The summed E-state index contributed by atoms with van der Waals surface area (Å²) in [4.78, 5) is 4.40. The molecule has 1 atom stereocenters. The number of nitrogens with zero attached hydrogens (tertiary/aromatic N) is 1. The van der Waals surface area contributed by atoms with Crippen LogP contribution in [0.5, 0.6) is 0 Å². The van der Waals surface area contributed by atoms with Crippen molar-refractivity contribution in [3.05, 3.63) is 29.1 Å². The van der Waals surface area contributed by atoms with Crippen LogP contribution in [0.15, 0.2) is 12.1 Å². The molecule has 0 aliphatic heterocycles. The van der Waals surface area contributed by atoms with Crippen LogP contribution in [0.4, 0.5) is 0 Å². The maximum absolute atomic E-state index is 5.66. The first-order valence-electron chi connectivity index (χ1n) is 6.10. The molecule has 0 spiro atoms. The van der Waals surface area contributed by atoms with Gasteiger partial charge in [0.05, 0.1) is 0 Å². The predicted octanol–water partition coefficient (Wildman–Crippen LogP) is 2.39. The fourth-order valence-electron chi connectivity index (χ4n) is 2.43. The van der Waals surface area contributed by atoms with Crippen molar-refractivity contribution in [3.63, 3.8) is 0 Å². The van der Waals surface area contributed by atoms with Gasteiger partial charge < -0.3 is 0 Å².